The number of rotatable bonds is 2. The number of aryl methyl sites for hydroxylation is 2. The van der Waals surface area contributed by atoms with E-state index < -0.39 is 0 Å². The maximum atomic E-state index is 11.6. The molecule has 1 heterocycles. The van der Waals surface area contributed by atoms with Crippen molar-refractivity contribution in [2.24, 2.45) is 4.99 Å². The zero-order valence-electron chi connectivity index (χ0n) is 10.4. The average molecular weight is 228 g/mol. The summed E-state index contributed by atoms with van der Waals surface area (Å²) in [6.45, 7) is 6.06. The number of carbonyl (C=O) groups excluding carboxylic acids is 1. The number of hydrogen-bond donors (Lipinski definition) is 1. The number of nitrogens with zero attached hydrogens (tertiary/aromatic N) is 1. The second-order valence-electron chi connectivity index (χ2n) is 4.26. The van der Waals surface area contributed by atoms with Gasteiger partial charge in [-0.2, -0.15) is 0 Å². The Kier molecular flexibility index (Phi) is 3.09. The van der Waals surface area contributed by atoms with E-state index >= 15 is 0 Å². The van der Waals surface area contributed by atoms with Crippen LogP contribution in [0.3, 0.4) is 0 Å². The topological polar surface area (TPSA) is 41.5 Å². The van der Waals surface area contributed by atoms with Crippen molar-refractivity contribution < 1.29 is 4.79 Å². The van der Waals surface area contributed by atoms with Gasteiger partial charge in [-0.3, -0.25) is 4.79 Å². The second kappa shape index (κ2) is 4.53. The largest absolute Gasteiger partial charge is 0.309 e. The summed E-state index contributed by atoms with van der Waals surface area (Å²) < 4.78 is 0. The van der Waals surface area contributed by atoms with Crippen molar-refractivity contribution in [1.29, 1.82) is 0 Å². The minimum atomic E-state index is -0.109. The molecule has 88 valence electrons. The van der Waals surface area contributed by atoms with E-state index in [0.717, 1.165) is 23.4 Å². The van der Waals surface area contributed by atoms with Crippen molar-refractivity contribution in [3.63, 3.8) is 0 Å². The Bertz CT molecular complexity index is 527. The van der Waals surface area contributed by atoms with E-state index in [1.807, 2.05) is 32.1 Å². The smallest absolute Gasteiger partial charge is 0.275 e. The number of amides is 1. The molecule has 3 nitrogen and oxygen atoms in total. The quantitative estimate of drug-likeness (QED) is 0.777. The van der Waals surface area contributed by atoms with Gasteiger partial charge in [0.05, 0.1) is 0 Å². The van der Waals surface area contributed by atoms with Gasteiger partial charge < -0.3 is 5.32 Å². The van der Waals surface area contributed by atoms with E-state index in [0.29, 0.717) is 5.70 Å². The van der Waals surface area contributed by atoms with Crippen LogP contribution in [0.5, 0.6) is 0 Å². The highest BCUT2D eigenvalue weighted by Gasteiger charge is 2.18. The Balaban J connectivity index is 2.36. The third-order valence-electron chi connectivity index (χ3n) is 2.80. The highest BCUT2D eigenvalue weighted by molar-refractivity contribution is 6.14. The van der Waals surface area contributed by atoms with Crippen LogP contribution in [0.15, 0.2) is 28.9 Å². The third-order valence-corrected chi connectivity index (χ3v) is 2.80. The molecule has 0 saturated heterocycles. The van der Waals surface area contributed by atoms with Crippen LogP contribution in [0.1, 0.15) is 30.0 Å². The van der Waals surface area contributed by atoms with Crippen molar-refractivity contribution in [2.75, 3.05) is 0 Å². The molecular formula is C14H16N2O. The van der Waals surface area contributed by atoms with Gasteiger partial charge in [0, 0.05) is 6.42 Å². The van der Waals surface area contributed by atoms with Crippen LogP contribution in [0, 0.1) is 13.8 Å². The maximum Gasteiger partial charge on any atom is 0.275 e. The molecule has 1 aromatic carbocycles. The van der Waals surface area contributed by atoms with Gasteiger partial charge in [0.15, 0.2) is 0 Å². The van der Waals surface area contributed by atoms with E-state index in [-0.39, 0.29) is 5.91 Å². The Hall–Kier alpha value is -1.90. The first-order valence-corrected chi connectivity index (χ1v) is 5.78. The summed E-state index contributed by atoms with van der Waals surface area (Å²) in [7, 11) is 0. The number of amidine groups is 1. The minimum absolute atomic E-state index is 0.109. The Morgan fingerprint density at radius 2 is 2.12 bits per heavy atom. The first-order valence-electron chi connectivity index (χ1n) is 5.78. The van der Waals surface area contributed by atoms with Crippen LogP contribution in [0.25, 0.3) is 6.08 Å². The van der Waals surface area contributed by atoms with Gasteiger partial charge in [0.25, 0.3) is 5.91 Å². The van der Waals surface area contributed by atoms with Crippen LogP contribution in [-0.4, -0.2) is 11.7 Å². The Labute approximate surface area is 101 Å². The standard InChI is InChI=1S/C14H16N2O/c1-4-13-15-12(14(17)16-13)8-11-6-5-9(2)7-10(11)3/h5-8H,4H2,1-3H3,(H,15,16,17)/b12-8-. The van der Waals surface area contributed by atoms with Gasteiger partial charge in [-0.25, -0.2) is 4.99 Å². The molecule has 0 atom stereocenters. The van der Waals surface area contributed by atoms with Crippen molar-refractivity contribution in [3.8, 4) is 0 Å². The molecule has 1 amide bonds. The van der Waals surface area contributed by atoms with Crippen molar-refractivity contribution >= 4 is 17.8 Å². The number of aliphatic imine (C=N–C) groups is 1. The van der Waals surface area contributed by atoms with E-state index in [9.17, 15) is 4.79 Å². The number of carbonyl (C=O) groups is 1. The van der Waals surface area contributed by atoms with Crippen LogP contribution >= 0.6 is 0 Å². The zero-order chi connectivity index (χ0) is 12.4. The molecule has 0 unspecified atom stereocenters. The molecule has 0 fully saturated rings. The Morgan fingerprint density at radius 1 is 1.35 bits per heavy atom. The summed E-state index contributed by atoms with van der Waals surface area (Å²) in [6, 6.07) is 6.16. The van der Waals surface area contributed by atoms with E-state index in [1.54, 1.807) is 0 Å². The van der Waals surface area contributed by atoms with Crippen molar-refractivity contribution in [1.82, 2.24) is 5.32 Å². The fraction of sp³-hybridized carbons (Fsp3) is 0.286. The van der Waals surface area contributed by atoms with Gasteiger partial charge in [-0.15, -0.1) is 0 Å². The summed E-state index contributed by atoms with van der Waals surface area (Å²) in [5, 5.41) is 2.75. The van der Waals surface area contributed by atoms with Crippen molar-refractivity contribution in [2.45, 2.75) is 27.2 Å². The van der Waals surface area contributed by atoms with E-state index in [4.69, 9.17) is 0 Å². The molecule has 0 saturated carbocycles. The minimum Gasteiger partial charge on any atom is -0.309 e. The molecule has 1 N–H and O–H groups in total. The summed E-state index contributed by atoms with van der Waals surface area (Å²) >= 11 is 0. The fourth-order valence-electron chi connectivity index (χ4n) is 1.82. The van der Waals surface area contributed by atoms with Crippen LogP contribution in [0.4, 0.5) is 0 Å². The number of hydrogen-bond acceptors (Lipinski definition) is 2. The van der Waals surface area contributed by atoms with E-state index in [1.165, 1.54) is 5.56 Å². The molecule has 0 radical (unpaired) electrons. The summed E-state index contributed by atoms with van der Waals surface area (Å²) in [4.78, 5) is 15.9. The SMILES string of the molecule is CCC1=N/C(=C\c2ccc(C)cc2C)C(=O)N1. The molecular weight excluding hydrogens is 212 g/mol. The average Bonchev–Trinajstić information content (AvgIpc) is 2.64. The lowest BCUT2D eigenvalue weighted by molar-refractivity contribution is -0.115. The molecule has 17 heavy (non-hydrogen) atoms. The van der Waals surface area contributed by atoms with Gasteiger partial charge >= 0.3 is 0 Å². The van der Waals surface area contributed by atoms with E-state index in [2.05, 4.69) is 23.3 Å². The van der Waals surface area contributed by atoms with Gasteiger partial charge in [-0.1, -0.05) is 30.7 Å². The Morgan fingerprint density at radius 3 is 2.71 bits per heavy atom. The molecule has 1 aliphatic heterocycles. The number of nitrogens with one attached hydrogen (secondary N) is 1. The molecule has 3 heteroatoms. The molecule has 0 bridgehead atoms. The summed E-state index contributed by atoms with van der Waals surface area (Å²) in [5.74, 6) is 0.632. The predicted octanol–water partition coefficient (Wildman–Crippen LogP) is 2.58. The molecule has 2 rings (SSSR count). The first-order chi connectivity index (χ1) is 8.10. The lowest BCUT2D eigenvalue weighted by Gasteiger charge is -2.01. The monoisotopic (exact) mass is 228 g/mol. The molecule has 1 aliphatic rings. The van der Waals surface area contributed by atoms with Gasteiger partial charge in [-0.05, 0) is 31.1 Å². The third kappa shape index (κ3) is 2.44. The van der Waals surface area contributed by atoms with Crippen LogP contribution in [0.2, 0.25) is 0 Å². The highest BCUT2D eigenvalue weighted by atomic mass is 16.2. The maximum absolute atomic E-state index is 11.6. The highest BCUT2D eigenvalue weighted by Crippen LogP contribution is 2.17. The van der Waals surface area contributed by atoms with Gasteiger partial charge in [0.1, 0.15) is 11.5 Å². The fourth-order valence-corrected chi connectivity index (χ4v) is 1.82. The lowest BCUT2D eigenvalue weighted by Crippen LogP contribution is -2.23. The van der Waals surface area contributed by atoms with Crippen LogP contribution < -0.4 is 5.32 Å². The first kappa shape index (κ1) is 11.6. The molecule has 1 aromatic rings. The summed E-state index contributed by atoms with van der Waals surface area (Å²) in [5.41, 5.74) is 3.92. The van der Waals surface area contributed by atoms with Gasteiger partial charge in [0.2, 0.25) is 0 Å². The zero-order valence-corrected chi connectivity index (χ0v) is 10.4. The van der Waals surface area contributed by atoms with Crippen molar-refractivity contribution in [3.05, 3.63) is 40.6 Å². The van der Waals surface area contributed by atoms with Crippen LogP contribution in [-0.2, 0) is 4.79 Å². The molecule has 0 aliphatic carbocycles. The number of benzene rings is 1. The molecule has 0 aromatic heterocycles. The molecule has 0 spiro atoms. The lowest BCUT2D eigenvalue weighted by atomic mass is 10.0. The second-order valence-corrected chi connectivity index (χ2v) is 4.26. The normalized spacial score (nSPS) is 17.2. The predicted molar refractivity (Wildman–Crippen MR) is 69.8 cm³/mol. The summed E-state index contributed by atoms with van der Waals surface area (Å²) in [6.07, 6.45) is 2.59.